The molecule has 1 aromatic heterocycles. The van der Waals surface area contributed by atoms with E-state index in [1.165, 1.54) is 0 Å². The van der Waals surface area contributed by atoms with Crippen molar-refractivity contribution in [1.29, 1.82) is 0 Å². The van der Waals surface area contributed by atoms with Crippen molar-refractivity contribution in [2.45, 2.75) is 13.0 Å². The zero-order valence-corrected chi connectivity index (χ0v) is 12.6. The molecule has 112 valence electrons. The summed E-state index contributed by atoms with van der Waals surface area (Å²) in [5, 5.41) is 13.9. The number of carbonyl (C=O) groups excluding carboxylic acids is 1. The van der Waals surface area contributed by atoms with Crippen LogP contribution in [0.1, 0.15) is 11.3 Å². The van der Waals surface area contributed by atoms with E-state index in [9.17, 15) is 4.79 Å². The van der Waals surface area contributed by atoms with E-state index in [1.807, 2.05) is 35.7 Å². The Hall–Kier alpha value is -1.92. The van der Waals surface area contributed by atoms with E-state index in [1.54, 1.807) is 21.7 Å². The minimum atomic E-state index is -0.164. The molecule has 0 bridgehead atoms. The SMILES string of the molecule is O=C(NCCc1cscn1)N(CCO)Cc1ccccc1. The van der Waals surface area contributed by atoms with Crippen LogP contribution in [0.15, 0.2) is 41.2 Å². The lowest BCUT2D eigenvalue weighted by Crippen LogP contribution is -2.41. The molecule has 1 heterocycles. The fraction of sp³-hybridized carbons (Fsp3) is 0.333. The van der Waals surface area contributed by atoms with E-state index >= 15 is 0 Å². The normalized spacial score (nSPS) is 10.3. The molecule has 0 aliphatic carbocycles. The van der Waals surface area contributed by atoms with Gasteiger partial charge in [-0.3, -0.25) is 0 Å². The Balaban J connectivity index is 1.83. The molecular formula is C15H19N3O2S. The lowest BCUT2D eigenvalue weighted by atomic mass is 10.2. The first-order valence-electron chi connectivity index (χ1n) is 6.84. The van der Waals surface area contributed by atoms with Crippen molar-refractivity contribution < 1.29 is 9.90 Å². The third-order valence-corrected chi connectivity index (χ3v) is 3.65. The highest BCUT2D eigenvalue weighted by Crippen LogP contribution is 2.05. The predicted molar refractivity (Wildman–Crippen MR) is 83.2 cm³/mol. The number of nitrogens with one attached hydrogen (secondary N) is 1. The van der Waals surface area contributed by atoms with Crippen molar-refractivity contribution in [3.8, 4) is 0 Å². The van der Waals surface area contributed by atoms with E-state index in [4.69, 9.17) is 5.11 Å². The van der Waals surface area contributed by atoms with E-state index < -0.39 is 0 Å². The summed E-state index contributed by atoms with van der Waals surface area (Å²) >= 11 is 1.55. The van der Waals surface area contributed by atoms with Gasteiger partial charge in [-0.2, -0.15) is 0 Å². The second kappa shape index (κ2) is 8.39. The smallest absolute Gasteiger partial charge is 0.317 e. The van der Waals surface area contributed by atoms with E-state index in [0.717, 1.165) is 11.3 Å². The number of rotatable bonds is 7. The Kier molecular flexibility index (Phi) is 6.18. The van der Waals surface area contributed by atoms with Crippen LogP contribution in [0.3, 0.4) is 0 Å². The quantitative estimate of drug-likeness (QED) is 0.821. The molecule has 5 nitrogen and oxygen atoms in total. The van der Waals surface area contributed by atoms with Crippen LogP contribution in [0, 0.1) is 0 Å². The largest absolute Gasteiger partial charge is 0.395 e. The van der Waals surface area contributed by atoms with Gasteiger partial charge in [-0.25, -0.2) is 9.78 Å². The molecule has 2 N–H and O–H groups in total. The molecular weight excluding hydrogens is 286 g/mol. The number of urea groups is 1. The number of aliphatic hydroxyl groups excluding tert-OH is 1. The summed E-state index contributed by atoms with van der Waals surface area (Å²) in [6.45, 7) is 1.30. The van der Waals surface area contributed by atoms with Crippen molar-refractivity contribution in [2.75, 3.05) is 19.7 Å². The highest BCUT2D eigenvalue weighted by Gasteiger charge is 2.12. The van der Waals surface area contributed by atoms with Gasteiger partial charge in [0.1, 0.15) is 0 Å². The Morgan fingerprint density at radius 3 is 2.81 bits per heavy atom. The minimum absolute atomic E-state index is 0.0493. The monoisotopic (exact) mass is 305 g/mol. The van der Waals surface area contributed by atoms with Gasteiger partial charge in [0, 0.05) is 31.4 Å². The maximum Gasteiger partial charge on any atom is 0.317 e. The van der Waals surface area contributed by atoms with Gasteiger partial charge in [0.05, 0.1) is 17.8 Å². The van der Waals surface area contributed by atoms with Gasteiger partial charge in [-0.15, -0.1) is 11.3 Å². The summed E-state index contributed by atoms with van der Waals surface area (Å²) in [5.41, 5.74) is 3.81. The summed E-state index contributed by atoms with van der Waals surface area (Å²) in [4.78, 5) is 17.9. The summed E-state index contributed by atoms with van der Waals surface area (Å²) < 4.78 is 0. The number of amides is 2. The summed E-state index contributed by atoms with van der Waals surface area (Å²) in [7, 11) is 0. The van der Waals surface area contributed by atoms with Crippen molar-refractivity contribution in [2.24, 2.45) is 0 Å². The number of hydrogen-bond acceptors (Lipinski definition) is 4. The molecule has 0 radical (unpaired) electrons. The van der Waals surface area contributed by atoms with Gasteiger partial charge < -0.3 is 15.3 Å². The standard InChI is InChI=1S/C15H19N3O2S/c19-9-8-18(10-13-4-2-1-3-5-13)15(20)16-7-6-14-11-21-12-17-14/h1-5,11-12,19H,6-10H2,(H,16,20). The average molecular weight is 305 g/mol. The summed E-state index contributed by atoms with van der Waals surface area (Å²) in [6.07, 6.45) is 0.716. The Bertz CT molecular complexity index is 531. The molecule has 2 aromatic rings. The topological polar surface area (TPSA) is 65.5 Å². The number of aliphatic hydroxyl groups is 1. The van der Waals surface area contributed by atoms with Crippen LogP contribution in [0.25, 0.3) is 0 Å². The molecule has 2 amide bonds. The minimum Gasteiger partial charge on any atom is -0.395 e. The molecule has 2 rings (SSSR count). The van der Waals surface area contributed by atoms with E-state index in [-0.39, 0.29) is 12.6 Å². The van der Waals surface area contributed by atoms with Crippen LogP contribution in [0.2, 0.25) is 0 Å². The molecule has 0 spiro atoms. The highest BCUT2D eigenvalue weighted by atomic mass is 32.1. The lowest BCUT2D eigenvalue weighted by Gasteiger charge is -2.22. The first-order chi connectivity index (χ1) is 10.3. The molecule has 0 aliphatic heterocycles. The van der Waals surface area contributed by atoms with Crippen LogP contribution in [0.4, 0.5) is 4.79 Å². The number of aromatic nitrogens is 1. The molecule has 0 aliphatic rings. The Morgan fingerprint density at radius 2 is 2.14 bits per heavy atom. The van der Waals surface area contributed by atoms with Crippen molar-refractivity contribution in [3.05, 3.63) is 52.5 Å². The predicted octanol–water partition coefficient (Wildman–Crippen LogP) is 1.89. The van der Waals surface area contributed by atoms with E-state index in [0.29, 0.717) is 26.1 Å². The van der Waals surface area contributed by atoms with Crippen molar-refractivity contribution >= 4 is 17.4 Å². The number of thiazole rings is 1. The van der Waals surface area contributed by atoms with Gasteiger partial charge in [-0.1, -0.05) is 30.3 Å². The van der Waals surface area contributed by atoms with Crippen LogP contribution in [-0.4, -0.2) is 40.7 Å². The third kappa shape index (κ3) is 5.17. The van der Waals surface area contributed by atoms with Crippen LogP contribution in [-0.2, 0) is 13.0 Å². The van der Waals surface area contributed by atoms with Gasteiger partial charge in [0.15, 0.2) is 0 Å². The second-order valence-electron chi connectivity index (χ2n) is 4.59. The molecule has 1 aromatic carbocycles. The maximum atomic E-state index is 12.2. The number of carbonyl (C=O) groups is 1. The fourth-order valence-corrected chi connectivity index (χ4v) is 2.54. The molecule has 21 heavy (non-hydrogen) atoms. The van der Waals surface area contributed by atoms with Crippen LogP contribution >= 0.6 is 11.3 Å². The zero-order valence-electron chi connectivity index (χ0n) is 11.7. The molecule has 6 heteroatoms. The van der Waals surface area contributed by atoms with Crippen molar-refractivity contribution in [1.82, 2.24) is 15.2 Å². The third-order valence-electron chi connectivity index (χ3n) is 3.01. The highest BCUT2D eigenvalue weighted by molar-refractivity contribution is 7.07. The van der Waals surface area contributed by atoms with Crippen LogP contribution < -0.4 is 5.32 Å². The Morgan fingerprint density at radius 1 is 1.33 bits per heavy atom. The van der Waals surface area contributed by atoms with Gasteiger partial charge in [0.2, 0.25) is 0 Å². The van der Waals surface area contributed by atoms with Gasteiger partial charge >= 0.3 is 6.03 Å². The zero-order chi connectivity index (χ0) is 14.9. The summed E-state index contributed by atoms with van der Waals surface area (Å²) in [6, 6.07) is 9.58. The number of hydrogen-bond donors (Lipinski definition) is 2. The van der Waals surface area contributed by atoms with E-state index in [2.05, 4.69) is 10.3 Å². The number of nitrogens with zero attached hydrogens (tertiary/aromatic N) is 2. The Labute approximate surface area is 128 Å². The maximum absolute atomic E-state index is 12.2. The first kappa shape index (κ1) is 15.5. The molecule has 0 unspecified atom stereocenters. The molecule has 0 atom stereocenters. The van der Waals surface area contributed by atoms with Crippen molar-refractivity contribution in [3.63, 3.8) is 0 Å². The molecule has 0 saturated carbocycles. The van der Waals surface area contributed by atoms with Gasteiger partial charge in [-0.05, 0) is 5.56 Å². The van der Waals surface area contributed by atoms with Crippen LogP contribution in [0.5, 0.6) is 0 Å². The fourth-order valence-electron chi connectivity index (χ4n) is 1.95. The molecule has 0 fully saturated rings. The number of benzene rings is 1. The average Bonchev–Trinajstić information content (AvgIpc) is 3.01. The lowest BCUT2D eigenvalue weighted by molar-refractivity contribution is 0.174. The molecule has 0 saturated heterocycles. The summed E-state index contributed by atoms with van der Waals surface area (Å²) in [5.74, 6) is 0. The van der Waals surface area contributed by atoms with Gasteiger partial charge in [0.25, 0.3) is 0 Å². The second-order valence-corrected chi connectivity index (χ2v) is 5.31. The first-order valence-corrected chi connectivity index (χ1v) is 7.78.